The zero-order valence-corrected chi connectivity index (χ0v) is 6.65. The summed E-state index contributed by atoms with van der Waals surface area (Å²) in [6.07, 6.45) is 3.04. The van der Waals surface area contributed by atoms with E-state index in [-0.39, 0.29) is 5.92 Å². The predicted molar refractivity (Wildman–Crippen MR) is 42.0 cm³/mol. The molecule has 1 atom stereocenters. The maximum Gasteiger partial charge on any atom is 0.107 e. The fourth-order valence-corrected chi connectivity index (χ4v) is 0.657. The van der Waals surface area contributed by atoms with E-state index in [4.69, 9.17) is 5.11 Å². The Hall–Kier alpha value is -0.680. The van der Waals surface area contributed by atoms with Crippen molar-refractivity contribution in [3.8, 4) is 12.0 Å². The highest BCUT2D eigenvalue weighted by Gasteiger charge is 1.93. The number of aliphatic hydroxyl groups is 1. The van der Waals surface area contributed by atoms with Crippen molar-refractivity contribution in [2.45, 2.75) is 20.3 Å². The lowest BCUT2D eigenvalue weighted by molar-refractivity contribution is 0.511. The van der Waals surface area contributed by atoms with Crippen molar-refractivity contribution in [3.63, 3.8) is 0 Å². The Morgan fingerprint density at radius 2 is 2.30 bits per heavy atom. The second-order valence-corrected chi connectivity index (χ2v) is 2.36. The SMILES string of the molecule is CCCNCC(C)C#CO. The van der Waals surface area contributed by atoms with Gasteiger partial charge in [0.2, 0.25) is 0 Å². The number of hydrogen-bond donors (Lipinski definition) is 2. The molecule has 0 amide bonds. The van der Waals surface area contributed by atoms with Gasteiger partial charge in [0.1, 0.15) is 6.11 Å². The third kappa shape index (κ3) is 5.46. The highest BCUT2D eigenvalue weighted by Crippen LogP contribution is 1.87. The quantitative estimate of drug-likeness (QED) is 0.451. The van der Waals surface area contributed by atoms with Gasteiger partial charge >= 0.3 is 0 Å². The molecule has 10 heavy (non-hydrogen) atoms. The highest BCUT2D eigenvalue weighted by molar-refractivity contribution is 4.95. The van der Waals surface area contributed by atoms with Crippen LogP contribution in [0.25, 0.3) is 0 Å². The van der Waals surface area contributed by atoms with Crippen molar-refractivity contribution < 1.29 is 5.11 Å². The molecule has 58 valence electrons. The van der Waals surface area contributed by atoms with Crippen molar-refractivity contribution in [3.05, 3.63) is 0 Å². The Labute approximate surface area is 62.6 Å². The molecule has 2 nitrogen and oxygen atoms in total. The predicted octanol–water partition coefficient (Wildman–Crippen LogP) is 0.956. The molecule has 0 saturated carbocycles. The van der Waals surface area contributed by atoms with Gasteiger partial charge in [0.05, 0.1) is 0 Å². The molecule has 1 unspecified atom stereocenters. The molecule has 0 aromatic carbocycles. The van der Waals surface area contributed by atoms with E-state index in [2.05, 4.69) is 18.2 Å². The minimum atomic E-state index is 0.247. The summed E-state index contributed by atoms with van der Waals surface area (Å²) in [6, 6.07) is 0. The Balaban J connectivity index is 3.18. The van der Waals surface area contributed by atoms with Gasteiger partial charge in [-0.25, -0.2) is 0 Å². The molecule has 0 aromatic rings. The van der Waals surface area contributed by atoms with E-state index in [1.165, 1.54) is 0 Å². The summed E-state index contributed by atoms with van der Waals surface area (Å²) in [5.41, 5.74) is 0. The van der Waals surface area contributed by atoms with E-state index in [1.54, 1.807) is 0 Å². The van der Waals surface area contributed by atoms with Gasteiger partial charge in [0.15, 0.2) is 0 Å². The van der Waals surface area contributed by atoms with Crippen LogP contribution >= 0.6 is 0 Å². The van der Waals surface area contributed by atoms with Crippen LogP contribution in [0.5, 0.6) is 0 Å². The second-order valence-electron chi connectivity index (χ2n) is 2.36. The Kier molecular flexibility index (Phi) is 6.00. The van der Waals surface area contributed by atoms with Crippen LogP contribution in [-0.4, -0.2) is 18.2 Å². The molecule has 0 aliphatic heterocycles. The fourth-order valence-electron chi connectivity index (χ4n) is 0.657. The highest BCUT2D eigenvalue weighted by atomic mass is 16.2. The minimum absolute atomic E-state index is 0.247. The fraction of sp³-hybridized carbons (Fsp3) is 0.750. The lowest BCUT2D eigenvalue weighted by Gasteiger charge is -2.03. The maximum atomic E-state index is 8.20. The zero-order valence-electron chi connectivity index (χ0n) is 6.65. The van der Waals surface area contributed by atoms with Crippen LogP contribution in [0.3, 0.4) is 0 Å². The van der Waals surface area contributed by atoms with Crippen LogP contribution < -0.4 is 5.32 Å². The normalized spacial score (nSPS) is 11.8. The average Bonchev–Trinajstić information content (AvgIpc) is 1.89. The standard InChI is InChI=1S/C8H15NO/c1-3-5-9-7-8(2)4-6-10/h8-10H,3,5,7H2,1-2H3. The van der Waals surface area contributed by atoms with Gasteiger partial charge in [-0.3, -0.25) is 0 Å². The molecular weight excluding hydrogens is 126 g/mol. The third-order valence-electron chi connectivity index (χ3n) is 1.19. The first kappa shape index (κ1) is 9.32. The first-order valence-corrected chi connectivity index (χ1v) is 3.66. The van der Waals surface area contributed by atoms with Crippen LogP contribution in [0, 0.1) is 17.9 Å². The van der Waals surface area contributed by atoms with Crippen LogP contribution in [0.1, 0.15) is 20.3 Å². The Bertz CT molecular complexity index is 123. The van der Waals surface area contributed by atoms with Gasteiger partial charge in [0, 0.05) is 12.5 Å². The van der Waals surface area contributed by atoms with Crippen LogP contribution in [0.15, 0.2) is 0 Å². The smallest absolute Gasteiger partial charge is 0.107 e. The molecule has 0 aliphatic carbocycles. The van der Waals surface area contributed by atoms with Crippen molar-refractivity contribution in [1.82, 2.24) is 5.32 Å². The molecule has 0 rings (SSSR count). The number of nitrogens with one attached hydrogen (secondary N) is 1. The lowest BCUT2D eigenvalue weighted by Crippen LogP contribution is -2.20. The molecule has 2 heteroatoms. The van der Waals surface area contributed by atoms with E-state index in [0.717, 1.165) is 19.5 Å². The average molecular weight is 141 g/mol. The monoisotopic (exact) mass is 141 g/mol. The molecule has 0 radical (unpaired) electrons. The largest absolute Gasteiger partial charge is 0.462 e. The van der Waals surface area contributed by atoms with Gasteiger partial charge in [-0.05, 0) is 13.0 Å². The molecule has 0 bridgehead atoms. The summed E-state index contributed by atoms with van der Waals surface area (Å²) in [5.74, 6) is 2.89. The Morgan fingerprint density at radius 3 is 2.80 bits per heavy atom. The van der Waals surface area contributed by atoms with E-state index in [9.17, 15) is 0 Å². The van der Waals surface area contributed by atoms with Crippen molar-refractivity contribution in [2.75, 3.05) is 13.1 Å². The van der Waals surface area contributed by atoms with Crippen LogP contribution in [0.2, 0.25) is 0 Å². The summed E-state index contributed by atoms with van der Waals surface area (Å²) >= 11 is 0. The summed E-state index contributed by atoms with van der Waals surface area (Å²) in [6.45, 7) is 5.99. The molecule has 0 heterocycles. The van der Waals surface area contributed by atoms with Gasteiger partial charge in [-0.2, -0.15) is 0 Å². The van der Waals surface area contributed by atoms with E-state index in [0.29, 0.717) is 0 Å². The van der Waals surface area contributed by atoms with Gasteiger partial charge in [0.25, 0.3) is 0 Å². The minimum Gasteiger partial charge on any atom is -0.462 e. The van der Waals surface area contributed by atoms with E-state index >= 15 is 0 Å². The maximum absolute atomic E-state index is 8.20. The molecule has 0 fully saturated rings. The lowest BCUT2D eigenvalue weighted by atomic mass is 10.2. The number of hydrogen-bond acceptors (Lipinski definition) is 2. The number of aliphatic hydroxyl groups excluding tert-OH is 1. The van der Waals surface area contributed by atoms with Gasteiger partial charge < -0.3 is 10.4 Å². The molecule has 0 spiro atoms. The topological polar surface area (TPSA) is 32.3 Å². The first-order valence-electron chi connectivity index (χ1n) is 3.66. The van der Waals surface area contributed by atoms with Crippen molar-refractivity contribution in [2.24, 2.45) is 5.92 Å². The summed E-state index contributed by atoms with van der Waals surface area (Å²) in [5, 5.41) is 11.4. The third-order valence-corrected chi connectivity index (χ3v) is 1.19. The molecule has 0 aromatic heterocycles. The van der Waals surface area contributed by atoms with Gasteiger partial charge in [-0.1, -0.05) is 19.8 Å². The van der Waals surface area contributed by atoms with Crippen molar-refractivity contribution >= 4 is 0 Å². The molecule has 0 aliphatic rings. The molecular formula is C8H15NO. The van der Waals surface area contributed by atoms with Crippen LogP contribution in [-0.2, 0) is 0 Å². The van der Waals surface area contributed by atoms with E-state index in [1.807, 2.05) is 13.0 Å². The summed E-state index contributed by atoms with van der Waals surface area (Å²) in [7, 11) is 0. The first-order chi connectivity index (χ1) is 4.81. The second kappa shape index (κ2) is 6.44. The van der Waals surface area contributed by atoms with Crippen LogP contribution in [0.4, 0.5) is 0 Å². The number of rotatable bonds is 4. The summed E-state index contributed by atoms with van der Waals surface area (Å²) in [4.78, 5) is 0. The van der Waals surface area contributed by atoms with Crippen molar-refractivity contribution in [1.29, 1.82) is 0 Å². The summed E-state index contributed by atoms with van der Waals surface area (Å²) < 4.78 is 0. The van der Waals surface area contributed by atoms with Gasteiger partial charge in [-0.15, -0.1) is 0 Å². The molecule has 2 N–H and O–H groups in total. The Morgan fingerprint density at radius 1 is 1.60 bits per heavy atom. The zero-order chi connectivity index (χ0) is 7.82. The van der Waals surface area contributed by atoms with E-state index < -0.39 is 0 Å². The molecule has 0 saturated heterocycles.